The molecule has 0 radical (unpaired) electrons. The molecule has 2 aromatic rings. The monoisotopic (exact) mass is 221 g/mol. The predicted molar refractivity (Wildman–Crippen MR) is 57.8 cm³/mol. The second-order valence-corrected chi connectivity index (χ2v) is 3.29. The molecule has 0 saturated carbocycles. The molecule has 0 aromatic carbocycles. The molecule has 2 heterocycles. The summed E-state index contributed by atoms with van der Waals surface area (Å²) >= 11 is 0. The maximum Gasteiger partial charge on any atom is 0.268 e. The maximum absolute atomic E-state index is 11.1. The van der Waals surface area contributed by atoms with Gasteiger partial charge in [0.05, 0.1) is 12.3 Å². The molecule has 7 heteroatoms. The van der Waals surface area contributed by atoms with Crippen molar-refractivity contribution in [3.05, 3.63) is 22.2 Å². The van der Waals surface area contributed by atoms with Crippen LogP contribution >= 0.6 is 0 Å². The van der Waals surface area contributed by atoms with Crippen molar-refractivity contribution in [2.45, 2.75) is 13.0 Å². The molecule has 1 atom stereocenters. The number of H-pyrrole nitrogens is 1. The number of nitrogens with zero attached hydrogens (tertiary/aromatic N) is 3. The van der Waals surface area contributed by atoms with E-state index in [1.807, 2.05) is 6.92 Å². The average Bonchev–Trinajstić information content (AvgIpc) is 2.26. The van der Waals surface area contributed by atoms with E-state index in [4.69, 9.17) is 10.5 Å². The summed E-state index contributed by atoms with van der Waals surface area (Å²) in [6.07, 6.45) is 0.902. The van der Waals surface area contributed by atoms with Crippen LogP contribution in [0, 0.1) is 0 Å². The number of aromatic amines is 1. The molecule has 0 aliphatic rings. The Morgan fingerprint density at radius 2 is 2.25 bits per heavy atom. The van der Waals surface area contributed by atoms with Crippen LogP contribution in [0.3, 0.4) is 0 Å². The Labute approximate surface area is 90.7 Å². The Kier molecular flexibility index (Phi) is 2.53. The fourth-order valence-electron chi connectivity index (χ4n) is 1.37. The molecule has 2 aromatic heterocycles. The fourth-order valence-corrected chi connectivity index (χ4v) is 1.37. The van der Waals surface area contributed by atoms with Gasteiger partial charge >= 0.3 is 0 Å². The van der Waals surface area contributed by atoms with Gasteiger partial charge in [0.1, 0.15) is 11.2 Å². The van der Waals surface area contributed by atoms with Gasteiger partial charge in [0, 0.05) is 7.11 Å². The number of aromatic nitrogens is 4. The molecule has 0 amide bonds. The summed E-state index contributed by atoms with van der Waals surface area (Å²) < 4.78 is 5.15. The molecule has 1 unspecified atom stereocenters. The number of nitrogen functional groups attached to an aromatic ring is 1. The minimum Gasteiger partial charge on any atom is -0.375 e. The minimum atomic E-state index is -0.332. The zero-order valence-corrected chi connectivity index (χ0v) is 8.89. The van der Waals surface area contributed by atoms with Crippen molar-refractivity contribution >= 4 is 17.1 Å². The lowest BCUT2D eigenvalue weighted by molar-refractivity contribution is 0.117. The van der Waals surface area contributed by atoms with Crippen LogP contribution in [0.25, 0.3) is 11.2 Å². The molecule has 0 bridgehead atoms. The zero-order chi connectivity index (χ0) is 11.7. The van der Waals surface area contributed by atoms with Crippen molar-refractivity contribution in [1.82, 2.24) is 19.9 Å². The first kappa shape index (κ1) is 10.5. The Bertz CT molecular complexity index is 580. The second-order valence-electron chi connectivity index (χ2n) is 3.29. The number of fused-ring (bicyclic) bond motifs is 1. The number of hydrogen-bond donors (Lipinski definition) is 2. The van der Waals surface area contributed by atoms with Crippen molar-refractivity contribution in [3.8, 4) is 0 Å². The third-order valence-electron chi connectivity index (χ3n) is 2.22. The van der Waals surface area contributed by atoms with E-state index in [-0.39, 0.29) is 17.6 Å². The molecule has 84 valence electrons. The van der Waals surface area contributed by atoms with E-state index in [0.29, 0.717) is 16.9 Å². The Morgan fingerprint density at radius 1 is 1.50 bits per heavy atom. The van der Waals surface area contributed by atoms with Crippen LogP contribution in [-0.2, 0) is 4.74 Å². The summed E-state index contributed by atoms with van der Waals surface area (Å²) in [6, 6.07) is 0. The van der Waals surface area contributed by atoms with E-state index in [1.165, 1.54) is 6.20 Å². The van der Waals surface area contributed by atoms with Crippen molar-refractivity contribution in [3.63, 3.8) is 0 Å². The third-order valence-corrected chi connectivity index (χ3v) is 2.22. The number of nitrogens with two attached hydrogens (primary N) is 1. The second kappa shape index (κ2) is 3.86. The highest BCUT2D eigenvalue weighted by molar-refractivity contribution is 5.73. The molecular weight excluding hydrogens is 210 g/mol. The van der Waals surface area contributed by atoms with Gasteiger partial charge in [-0.15, -0.1) is 0 Å². The van der Waals surface area contributed by atoms with Gasteiger partial charge in [-0.05, 0) is 6.92 Å². The Hall–Kier alpha value is -2.02. The number of methoxy groups -OCH3 is 1. The van der Waals surface area contributed by atoms with Gasteiger partial charge in [0.25, 0.3) is 5.56 Å². The van der Waals surface area contributed by atoms with Crippen molar-refractivity contribution < 1.29 is 4.74 Å². The van der Waals surface area contributed by atoms with Crippen LogP contribution in [0.4, 0.5) is 5.95 Å². The van der Waals surface area contributed by atoms with Crippen molar-refractivity contribution in [2.24, 2.45) is 0 Å². The molecule has 3 N–H and O–H groups in total. The Balaban J connectivity index is 2.77. The van der Waals surface area contributed by atoms with Crippen molar-refractivity contribution in [2.75, 3.05) is 12.8 Å². The van der Waals surface area contributed by atoms with Crippen LogP contribution < -0.4 is 11.3 Å². The predicted octanol–water partition coefficient (Wildman–Crippen LogP) is 0.00270. The smallest absolute Gasteiger partial charge is 0.268 e. The quantitative estimate of drug-likeness (QED) is 0.739. The molecule has 7 nitrogen and oxygen atoms in total. The molecular formula is C9H11N5O2. The minimum absolute atomic E-state index is 0.0788. The number of anilines is 1. The molecule has 0 fully saturated rings. The van der Waals surface area contributed by atoms with Gasteiger partial charge in [-0.1, -0.05) is 0 Å². The lowest BCUT2D eigenvalue weighted by Gasteiger charge is -2.10. The summed E-state index contributed by atoms with van der Waals surface area (Å²) in [5, 5.41) is 0. The van der Waals surface area contributed by atoms with Crippen LogP contribution in [-0.4, -0.2) is 27.0 Å². The van der Waals surface area contributed by atoms with E-state index < -0.39 is 0 Å². The van der Waals surface area contributed by atoms with Gasteiger partial charge in [0.15, 0.2) is 5.65 Å². The molecule has 0 aliphatic heterocycles. The first-order chi connectivity index (χ1) is 7.61. The highest BCUT2D eigenvalue weighted by atomic mass is 16.5. The summed E-state index contributed by atoms with van der Waals surface area (Å²) in [7, 11) is 1.56. The van der Waals surface area contributed by atoms with Crippen LogP contribution in [0.2, 0.25) is 0 Å². The van der Waals surface area contributed by atoms with Crippen LogP contribution in [0.5, 0.6) is 0 Å². The number of hydrogen-bond acceptors (Lipinski definition) is 6. The third kappa shape index (κ3) is 1.72. The van der Waals surface area contributed by atoms with Crippen molar-refractivity contribution in [1.29, 1.82) is 0 Å². The largest absolute Gasteiger partial charge is 0.375 e. The lowest BCUT2D eigenvalue weighted by Crippen LogP contribution is -2.12. The van der Waals surface area contributed by atoms with Gasteiger partial charge in [0.2, 0.25) is 5.95 Å². The zero-order valence-electron chi connectivity index (χ0n) is 8.89. The van der Waals surface area contributed by atoms with E-state index in [9.17, 15) is 4.79 Å². The van der Waals surface area contributed by atoms with E-state index in [2.05, 4.69) is 19.9 Å². The molecule has 0 aliphatic carbocycles. The van der Waals surface area contributed by atoms with Gasteiger partial charge in [-0.3, -0.25) is 4.79 Å². The fraction of sp³-hybridized carbons (Fsp3) is 0.333. The van der Waals surface area contributed by atoms with E-state index >= 15 is 0 Å². The molecule has 2 rings (SSSR count). The SMILES string of the molecule is COC(C)c1nc(N)nc2[nH]c(=O)cnc12. The first-order valence-electron chi connectivity index (χ1n) is 4.67. The van der Waals surface area contributed by atoms with E-state index in [1.54, 1.807) is 7.11 Å². The number of rotatable bonds is 2. The number of nitrogens with one attached hydrogen (secondary N) is 1. The summed E-state index contributed by atoms with van der Waals surface area (Å²) in [5.41, 5.74) is 6.57. The van der Waals surface area contributed by atoms with Crippen LogP contribution in [0.15, 0.2) is 11.0 Å². The molecule has 0 saturated heterocycles. The van der Waals surface area contributed by atoms with E-state index in [0.717, 1.165) is 0 Å². The number of ether oxygens (including phenoxy) is 1. The summed E-state index contributed by atoms with van der Waals surface area (Å²) in [5.74, 6) is 0.0788. The topological polar surface area (TPSA) is 107 Å². The first-order valence-corrected chi connectivity index (χ1v) is 4.67. The van der Waals surface area contributed by atoms with Crippen LogP contribution in [0.1, 0.15) is 18.7 Å². The highest BCUT2D eigenvalue weighted by Gasteiger charge is 2.14. The normalized spacial score (nSPS) is 12.9. The molecule has 0 spiro atoms. The lowest BCUT2D eigenvalue weighted by atomic mass is 10.2. The standard InChI is InChI=1S/C9H11N5O2/c1-4(16-2)6-7-8(14-9(10)13-6)12-5(15)3-11-7/h3-4H,1-2H3,(H3,10,12,13,14,15). The maximum atomic E-state index is 11.1. The Morgan fingerprint density at radius 3 is 2.94 bits per heavy atom. The van der Waals surface area contributed by atoms with Gasteiger partial charge in [-0.2, -0.15) is 4.98 Å². The summed E-state index contributed by atoms with van der Waals surface area (Å²) in [4.78, 5) is 25.6. The van der Waals surface area contributed by atoms with Gasteiger partial charge in [-0.25, -0.2) is 9.97 Å². The average molecular weight is 221 g/mol. The highest BCUT2D eigenvalue weighted by Crippen LogP contribution is 2.20. The molecule has 16 heavy (non-hydrogen) atoms. The van der Waals surface area contributed by atoms with Gasteiger partial charge < -0.3 is 15.5 Å². The summed E-state index contributed by atoms with van der Waals surface area (Å²) in [6.45, 7) is 1.81.